The third-order valence-electron chi connectivity index (χ3n) is 2.60. The summed E-state index contributed by atoms with van der Waals surface area (Å²) in [5.74, 6) is 0. The summed E-state index contributed by atoms with van der Waals surface area (Å²) >= 11 is 0. The first-order chi connectivity index (χ1) is 8.88. The van der Waals surface area contributed by atoms with Gasteiger partial charge in [-0.15, -0.1) is 0 Å². The van der Waals surface area contributed by atoms with E-state index in [0.717, 1.165) is 13.2 Å². The Morgan fingerprint density at radius 1 is 1.00 bits per heavy atom. The summed E-state index contributed by atoms with van der Waals surface area (Å²) in [6.45, 7) is 6.69. The van der Waals surface area contributed by atoms with Crippen molar-refractivity contribution in [3.63, 3.8) is 0 Å². The lowest BCUT2D eigenvalue weighted by molar-refractivity contribution is -0.109. The average molecular weight is 262 g/mol. The first-order valence-electron chi connectivity index (χ1n) is 6.46. The summed E-state index contributed by atoms with van der Waals surface area (Å²) in [5.41, 5.74) is 0. The van der Waals surface area contributed by atoms with E-state index in [1.165, 1.54) is 0 Å². The highest BCUT2D eigenvalue weighted by molar-refractivity contribution is 4.70. The fourth-order valence-electron chi connectivity index (χ4n) is 1.37. The molecule has 2 fully saturated rings. The molecule has 0 aromatic carbocycles. The minimum absolute atomic E-state index is 0.0755. The van der Waals surface area contributed by atoms with E-state index in [0.29, 0.717) is 39.8 Å². The van der Waals surface area contributed by atoms with Crippen molar-refractivity contribution in [2.45, 2.75) is 25.2 Å². The van der Waals surface area contributed by atoms with Crippen molar-refractivity contribution in [3.05, 3.63) is 0 Å². The van der Waals surface area contributed by atoms with E-state index >= 15 is 0 Å². The predicted octanol–water partition coefficient (Wildman–Crippen LogP) is 0.196. The van der Waals surface area contributed by atoms with Gasteiger partial charge in [-0.25, -0.2) is 0 Å². The van der Waals surface area contributed by atoms with Crippen molar-refractivity contribution in [1.29, 1.82) is 0 Å². The number of hydrogen-bond donors (Lipinski definition) is 0. The van der Waals surface area contributed by atoms with Crippen molar-refractivity contribution < 1.29 is 28.4 Å². The fourth-order valence-corrected chi connectivity index (χ4v) is 1.37. The highest BCUT2D eigenvalue weighted by atomic mass is 16.7. The van der Waals surface area contributed by atoms with Gasteiger partial charge in [-0.05, 0) is 6.92 Å². The number of ether oxygens (including phenoxy) is 6. The van der Waals surface area contributed by atoms with Crippen LogP contribution < -0.4 is 0 Å². The molecule has 0 amide bonds. The van der Waals surface area contributed by atoms with Crippen LogP contribution in [-0.2, 0) is 28.4 Å². The van der Waals surface area contributed by atoms with Crippen LogP contribution in [0.25, 0.3) is 0 Å². The second kappa shape index (κ2) is 8.04. The largest absolute Gasteiger partial charge is 0.376 e. The highest BCUT2D eigenvalue weighted by Crippen LogP contribution is 2.12. The molecule has 0 N–H and O–H groups in total. The molecule has 3 atom stereocenters. The Hall–Kier alpha value is -0.240. The Morgan fingerprint density at radius 2 is 1.67 bits per heavy atom. The first-order valence-corrected chi connectivity index (χ1v) is 6.46. The van der Waals surface area contributed by atoms with Crippen LogP contribution in [0.1, 0.15) is 6.92 Å². The van der Waals surface area contributed by atoms with E-state index < -0.39 is 0 Å². The summed E-state index contributed by atoms with van der Waals surface area (Å²) in [6.07, 6.45) is 0.460. The maximum Gasteiger partial charge on any atom is 0.146 e. The summed E-state index contributed by atoms with van der Waals surface area (Å²) in [7, 11) is 0. The third kappa shape index (κ3) is 6.63. The SMILES string of the molecule is CCOCOCC(COCC1CO1)OCC1CO1. The van der Waals surface area contributed by atoms with E-state index in [1.807, 2.05) is 6.92 Å². The van der Waals surface area contributed by atoms with Gasteiger partial charge in [0.2, 0.25) is 0 Å². The Labute approximate surface area is 107 Å². The normalized spacial score (nSPS) is 27.2. The third-order valence-corrected chi connectivity index (χ3v) is 2.60. The van der Waals surface area contributed by atoms with Gasteiger partial charge in [-0.3, -0.25) is 0 Å². The molecule has 0 aromatic heterocycles. The smallest absolute Gasteiger partial charge is 0.146 e. The summed E-state index contributed by atoms with van der Waals surface area (Å²) in [4.78, 5) is 0. The van der Waals surface area contributed by atoms with E-state index in [4.69, 9.17) is 28.4 Å². The number of hydrogen-bond acceptors (Lipinski definition) is 6. The molecule has 6 nitrogen and oxygen atoms in total. The lowest BCUT2D eigenvalue weighted by Gasteiger charge is -2.17. The van der Waals surface area contributed by atoms with Crippen LogP contribution in [-0.4, -0.2) is 71.4 Å². The van der Waals surface area contributed by atoms with Crippen LogP contribution in [0.4, 0.5) is 0 Å². The Balaban J connectivity index is 1.53. The predicted molar refractivity (Wildman–Crippen MR) is 62.5 cm³/mol. The zero-order valence-corrected chi connectivity index (χ0v) is 10.8. The molecule has 0 radical (unpaired) electrons. The van der Waals surface area contributed by atoms with E-state index in [-0.39, 0.29) is 18.3 Å². The standard InChI is InChI=1S/C12H22O6/c1-2-13-9-15-5-10(16-7-12-8-18-12)3-14-4-11-6-17-11/h10-12H,2-9H2,1H3. The lowest BCUT2D eigenvalue weighted by Crippen LogP contribution is -2.28. The molecule has 106 valence electrons. The zero-order chi connectivity index (χ0) is 12.6. The summed E-state index contributed by atoms with van der Waals surface area (Å²) in [6, 6.07) is 0. The fraction of sp³-hybridized carbons (Fsp3) is 1.00. The van der Waals surface area contributed by atoms with Crippen molar-refractivity contribution in [1.82, 2.24) is 0 Å². The van der Waals surface area contributed by atoms with E-state index in [2.05, 4.69) is 0 Å². The van der Waals surface area contributed by atoms with Crippen LogP contribution >= 0.6 is 0 Å². The van der Waals surface area contributed by atoms with Gasteiger partial charge >= 0.3 is 0 Å². The molecule has 2 aliphatic heterocycles. The second-order valence-corrected chi connectivity index (χ2v) is 4.38. The Kier molecular flexibility index (Phi) is 6.33. The molecule has 0 saturated carbocycles. The minimum Gasteiger partial charge on any atom is -0.376 e. The van der Waals surface area contributed by atoms with E-state index in [9.17, 15) is 0 Å². The Morgan fingerprint density at radius 3 is 2.33 bits per heavy atom. The van der Waals surface area contributed by atoms with Gasteiger partial charge in [0.15, 0.2) is 0 Å². The maximum atomic E-state index is 5.68. The molecular formula is C12H22O6. The lowest BCUT2D eigenvalue weighted by atomic mass is 10.4. The highest BCUT2D eigenvalue weighted by Gasteiger charge is 2.26. The first kappa shape index (κ1) is 14.2. The quantitative estimate of drug-likeness (QED) is 0.284. The molecule has 0 aromatic rings. The second-order valence-electron chi connectivity index (χ2n) is 4.38. The van der Waals surface area contributed by atoms with Gasteiger partial charge in [0.25, 0.3) is 0 Å². The molecular weight excluding hydrogens is 240 g/mol. The molecule has 18 heavy (non-hydrogen) atoms. The van der Waals surface area contributed by atoms with Gasteiger partial charge in [0.05, 0.1) is 39.6 Å². The van der Waals surface area contributed by atoms with Gasteiger partial charge in [-0.2, -0.15) is 0 Å². The number of rotatable bonds is 12. The van der Waals surface area contributed by atoms with E-state index in [1.54, 1.807) is 0 Å². The molecule has 2 saturated heterocycles. The zero-order valence-electron chi connectivity index (χ0n) is 10.8. The van der Waals surface area contributed by atoms with Crippen LogP contribution in [0.2, 0.25) is 0 Å². The molecule has 3 unspecified atom stereocenters. The van der Waals surface area contributed by atoms with Crippen molar-refractivity contribution >= 4 is 0 Å². The van der Waals surface area contributed by atoms with Crippen LogP contribution in [0.5, 0.6) is 0 Å². The molecule has 0 aliphatic carbocycles. The molecule has 2 heterocycles. The number of epoxide rings is 2. The monoisotopic (exact) mass is 262 g/mol. The van der Waals surface area contributed by atoms with Crippen molar-refractivity contribution in [2.24, 2.45) is 0 Å². The van der Waals surface area contributed by atoms with Crippen molar-refractivity contribution in [2.75, 3.05) is 53.0 Å². The molecule has 0 bridgehead atoms. The van der Waals surface area contributed by atoms with Crippen LogP contribution in [0.15, 0.2) is 0 Å². The average Bonchev–Trinajstić information content (AvgIpc) is 3.25. The molecule has 2 aliphatic rings. The summed E-state index contributed by atoms with van der Waals surface area (Å²) in [5, 5.41) is 0. The minimum atomic E-state index is -0.0755. The van der Waals surface area contributed by atoms with Gasteiger partial charge in [0.1, 0.15) is 25.1 Å². The molecule has 2 rings (SSSR count). The Bertz CT molecular complexity index is 217. The van der Waals surface area contributed by atoms with Gasteiger partial charge < -0.3 is 28.4 Å². The molecule has 0 spiro atoms. The van der Waals surface area contributed by atoms with Crippen molar-refractivity contribution in [3.8, 4) is 0 Å². The van der Waals surface area contributed by atoms with Gasteiger partial charge in [-0.1, -0.05) is 0 Å². The van der Waals surface area contributed by atoms with Crippen LogP contribution in [0, 0.1) is 0 Å². The maximum absolute atomic E-state index is 5.68. The van der Waals surface area contributed by atoms with Gasteiger partial charge in [0, 0.05) is 6.61 Å². The van der Waals surface area contributed by atoms with Crippen LogP contribution in [0.3, 0.4) is 0 Å². The summed E-state index contributed by atoms with van der Waals surface area (Å²) < 4.78 is 31.8. The molecule has 6 heteroatoms. The topological polar surface area (TPSA) is 62.0 Å².